The molecule has 0 unspecified atom stereocenters. The molecule has 1 spiro atoms. The number of carbonyl (C=O) groups is 2. The fourth-order valence-electron chi connectivity index (χ4n) is 3.19. The lowest BCUT2D eigenvalue weighted by Gasteiger charge is -2.44. The van der Waals surface area contributed by atoms with Crippen molar-refractivity contribution in [2.45, 2.75) is 31.3 Å². The molecule has 0 bridgehead atoms. The summed E-state index contributed by atoms with van der Waals surface area (Å²) in [6.07, 6.45) is 2.05. The van der Waals surface area contributed by atoms with Crippen molar-refractivity contribution in [3.63, 3.8) is 0 Å². The van der Waals surface area contributed by atoms with E-state index < -0.39 is 5.60 Å². The first-order valence-corrected chi connectivity index (χ1v) is 9.37. The number of fused-ring (bicyclic) bond motifs is 1. The molecule has 3 rings (SSSR count). The van der Waals surface area contributed by atoms with Crippen LogP contribution < -0.4 is 4.74 Å². The van der Waals surface area contributed by atoms with Crippen LogP contribution in [0.5, 0.6) is 5.75 Å². The molecule has 1 fully saturated rings. The molecule has 1 saturated heterocycles. The molecule has 1 amide bonds. The van der Waals surface area contributed by atoms with Gasteiger partial charge in [0, 0.05) is 42.7 Å². The van der Waals surface area contributed by atoms with Crippen LogP contribution in [0.15, 0.2) is 12.1 Å². The Hall–Kier alpha value is -0.780. The number of amides is 1. The molecule has 0 saturated carbocycles. The van der Waals surface area contributed by atoms with Crippen LogP contribution in [0.4, 0.5) is 0 Å². The van der Waals surface area contributed by atoms with Crippen LogP contribution in [-0.2, 0) is 4.79 Å². The average molecular weight is 421 g/mol. The summed E-state index contributed by atoms with van der Waals surface area (Å²) in [6, 6.07) is 3.19. The highest BCUT2D eigenvalue weighted by molar-refractivity contribution is 9.09. The van der Waals surface area contributed by atoms with E-state index in [-0.39, 0.29) is 11.7 Å². The van der Waals surface area contributed by atoms with E-state index in [1.54, 1.807) is 12.1 Å². The Labute approximate surface area is 153 Å². The van der Waals surface area contributed by atoms with E-state index in [0.29, 0.717) is 65.5 Å². The van der Waals surface area contributed by atoms with Gasteiger partial charge in [-0.3, -0.25) is 9.59 Å². The first-order chi connectivity index (χ1) is 10.9. The number of piperidine rings is 1. The van der Waals surface area contributed by atoms with Crippen molar-refractivity contribution < 1.29 is 14.3 Å². The van der Waals surface area contributed by atoms with Crippen LogP contribution in [-0.4, -0.2) is 40.6 Å². The number of hydrogen-bond donors (Lipinski definition) is 0. The van der Waals surface area contributed by atoms with Gasteiger partial charge in [0.1, 0.15) is 11.4 Å². The van der Waals surface area contributed by atoms with E-state index in [2.05, 4.69) is 15.9 Å². The van der Waals surface area contributed by atoms with Gasteiger partial charge < -0.3 is 9.64 Å². The average Bonchev–Trinajstić information content (AvgIpc) is 2.50. The zero-order valence-corrected chi connectivity index (χ0v) is 15.5. The lowest BCUT2D eigenvalue weighted by Crippen LogP contribution is -2.52. The summed E-state index contributed by atoms with van der Waals surface area (Å²) in [6.45, 7) is 1.19. The monoisotopic (exact) mass is 419 g/mol. The molecule has 23 heavy (non-hydrogen) atoms. The van der Waals surface area contributed by atoms with Gasteiger partial charge in [0.25, 0.3) is 0 Å². The Balaban J connectivity index is 1.79. The lowest BCUT2D eigenvalue weighted by molar-refractivity contribution is -0.134. The van der Waals surface area contributed by atoms with Gasteiger partial charge in [0.05, 0.1) is 17.0 Å². The Bertz CT molecular complexity index is 657. The molecule has 0 aromatic heterocycles. The molecular weight excluding hydrogens is 405 g/mol. The van der Waals surface area contributed by atoms with Crippen molar-refractivity contribution in [2.24, 2.45) is 0 Å². The summed E-state index contributed by atoms with van der Waals surface area (Å²) in [7, 11) is 0. The molecule has 4 nitrogen and oxygen atoms in total. The first-order valence-electron chi connectivity index (χ1n) is 7.49. The Kier molecular flexibility index (Phi) is 4.90. The maximum atomic E-state index is 12.5. The topological polar surface area (TPSA) is 46.6 Å². The van der Waals surface area contributed by atoms with Crippen LogP contribution >= 0.6 is 39.1 Å². The normalized spacial score (nSPS) is 19.4. The zero-order chi connectivity index (χ0) is 16.6. The number of alkyl halides is 1. The highest BCUT2D eigenvalue weighted by Gasteiger charge is 2.44. The Morgan fingerprint density at radius 1 is 1.30 bits per heavy atom. The van der Waals surface area contributed by atoms with Crippen molar-refractivity contribution >= 4 is 50.8 Å². The largest absolute Gasteiger partial charge is 0.484 e. The van der Waals surface area contributed by atoms with Crippen molar-refractivity contribution in [3.8, 4) is 5.75 Å². The minimum Gasteiger partial charge on any atom is -0.484 e. The van der Waals surface area contributed by atoms with Gasteiger partial charge >= 0.3 is 0 Å². The molecule has 1 aromatic rings. The minimum absolute atomic E-state index is 0.00381. The molecule has 0 atom stereocenters. The number of benzene rings is 1. The smallest absolute Gasteiger partial charge is 0.223 e. The first kappa shape index (κ1) is 17.1. The number of rotatable bonds is 2. The highest BCUT2D eigenvalue weighted by Crippen LogP contribution is 2.44. The molecule has 2 aliphatic heterocycles. The zero-order valence-electron chi connectivity index (χ0n) is 12.4. The molecular formula is C16H16BrCl2NO3. The predicted octanol–water partition coefficient (Wildman–Crippen LogP) is 4.10. The van der Waals surface area contributed by atoms with E-state index in [1.165, 1.54) is 0 Å². The van der Waals surface area contributed by atoms with Crippen LogP contribution in [0.3, 0.4) is 0 Å². The second-order valence-electron chi connectivity index (χ2n) is 5.97. The summed E-state index contributed by atoms with van der Waals surface area (Å²) in [5.41, 5.74) is -0.113. The van der Waals surface area contributed by atoms with Crippen LogP contribution in [0.25, 0.3) is 0 Å². The van der Waals surface area contributed by atoms with Gasteiger partial charge in [0.15, 0.2) is 5.78 Å². The van der Waals surface area contributed by atoms with Gasteiger partial charge in [-0.05, 0) is 12.1 Å². The van der Waals surface area contributed by atoms with Crippen molar-refractivity contribution in [3.05, 3.63) is 27.7 Å². The number of nitrogens with zero attached hydrogens (tertiary/aromatic N) is 1. The number of hydrogen-bond acceptors (Lipinski definition) is 3. The van der Waals surface area contributed by atoms with Gasteiger partial charge in [-0.1, -0.05) is 39.1 Å². The SMILES string of the molecule is O=C1CC2(CCN(C(=O)CCBr)CC2)Oc2c(Cl)cc(Cl)cc21. The maximum Gasteiger partial charge on any atom is 0.223 e. The van der Waals surface area contributed by atoms with E-state index in [9.17, 15) is 9.59 Å². The molecule has 2 heterocycles. The fraction of sp³-hybridized carbons (Fsp3) is 0.500. The van der Waals surface area contributed by atoms with E-state index >= 15 is 0 Å². The second-order valence-corrected chi connectivity index (χ2v) is 7.61. The Morgan fingerprint density at radius 3 is 2.65 bits per heavy atom. The number of likely N-dealkylation sites (tertiary alicyclic amines) is 1. The second kappa shape index (κ2) is 6.61. The molecule has 0 aliphatic carbocycles. The van der Waals surface area contributed by atoms with Crippen LogP contribution in [0.1, 0.15) is 36.0 Å². The molecule has 1 aromatic carbocycles. The van der Waals surface area contributed by atoms with Gasteiger partial charge in [-0.15, -0.1) is 0 Å². The molecule has 124 valence electrons. The number of carbonyl (C=O) groups excluding carboxylic acids is 2. The minimum atomic E-state index is -0.563. The van der Waals surface area contributed by atoms with Crippen LogP contribution in [0, 0.1) is 0 Å². The summed E-state index contributed by atoms with van der Waals surface area (Å²) in [4.78, 5) is 26.3. The Morgan fingerprint density at radius 2 is 2.00 bits per heavy atom. The van der Waals surface area contributed by atoms with Gasteiger partial charge in [-0.2, -0.15) is 0 Å². The standard InChI is InChI=1S/C16H16BrCl2NO3/c17-4-1-14(22)20-5-2-16(3-6-20)9-13(21)11-7-10(18)8-12(19)15(11)23-16/h7-8H,1-6,9H2. The van der Waals surface area contributed by atoms with E-state index in [0.717, 1.165) is 0 Å². The molecule has 2 aliphatic rings. The van der Waals surface area contributed by atoms with Crippen molar-refractivity contribution in [1.29, 1.82) is 0 Å². The number of Topliss-reactive ketones (excluding diaryl/α,β-unsaturated/α-hetero) is 1. The van der Waals surface area contributed by atoms with Crippen molar-refractivity contribution in [2.75, 3.05) is 18.4 Å². The van der Waals surface area contributed by atoms with Gasteiger partial charge in [0.2, 0.25) is 5.91 Å². The third-order valence-corrected chi connectivity index (χ3v) is 5.34. The third kappa shape index (κ3) is 3.37. The summed E-state index contributed by atoms with van der Waals surface area (Å²) >= 11 is 15.5. The van der Waals surface area contributed by atoms with Crippen molar-refractivity contribution in [1.82, 2.24) is 4.90 Å². The van der Waals surface area contributed by atoms with Gasteiger partial charge in [-0.25, -0.2) is 0 Å². The maximum absolute atomic E-state index is 12.5. The molecule has 0 radical (unpaired) electrons. The summed E-state index contributed by atoms with van der Waals surface area (Å²) in [5, 5.41) is 1.45. The lowest BCUT2D eigenvalue weighted by atomic mass is 9.82. The number of halogens is 3. The molecule has 0 N–H and O–H groups in total. The third-order valence-electron chi connectivity index (χ3n) is 4.45. The predicted molar refractivity (Wildman–Crippen MR) is 93.0 cm³/mol. The molecule has 7 heteroatoms. The highest BCUT2D eigenvalue weighted by atomic mass is 79.9. The number of ether oxygens (including phenoxy) is 1. The number of ketones is 1. The summed E-state index contributed by atoms with van der Waals surface area (Å²) in [5.74, 6) is 0.549. The quantitative estimate of drug-likeness (QED) is 0.676. The fourth-order valence-corrected chi connectivity index (χ4v) is 4.06. The van der Waals surface area contributed by atoms with E-state index in [1.807, 2.05) is 4.90 Å². The summed E-state index contributed by atoms with van der Waals surface area (Å²) < 4.78 is 6.15. The van der Waals surface area contributed by atoms with Crippen LogP contribution in [0.2, 0.25) is 10.0 Å². The van der Waals surface area contributed by atoms with E-state index in [4.69, 9.17) is 27.9 Å².